The Kier molecular flexibility index (Phi) is 12.0. The molecule has 3 aliphatic rings. The summed E-state index contributed by atoms with van der Waals surface area (Å²) in [5.41, 5.74) is -0.631. The van der Waals surface area contributed by atoms with Gasteiger partial charge in [0.1, 0.15) is 23.8 Å². The molecule has 1 aromatic heterocycles. The summed E-state index contributed by atoms with van der Waals surface area (Å²) in [4.78, 5) is 89.0. The molecular weight excluding hydrogens is 588 g/mol. The maximum Gasteiger partial charge on any atom is 0.272 e. The van der Waals surface area contributed by atoms with Crippen LogP contribution in [0.3, 0.4) is 0 Å². The van der Waals surface area contributed by atoms with Crippen LogP contribution in [-0.4, -0.2) is 80.8 Å². The molecule has 3 fully saturated rings. The number of nitrogens with zero attached hydrogens (tertiary/aromatic N) is 3. The first-order chi connectivity index (χ1) is 22.0. The van der Waals surface area contributed by atoms with Crippen LogP contribution in [0.2, 0.25) is 0 Å². The molecule has 1 aliphatic heterocycles. The Morgan fingerprint density at radius 2 is 1.65 bits per heavy atom. The monoisotopic (exact) mass is 638 g/mol. The molecule has 2 saturated carbocycles. The van der Waals surface area contributed by atoms with Gasteiger partial charge < -0.3 is 20.9 Å². The van der Waals surface area contributed by atoms with Gasteiger partial charge in [0.05, 0.1) is 12.2 Å². The Labute approximate surface area is 271 Å². The molecule has 4 unspecified atom stereocenters. The Bertz CT molecular complexity index is 1260. The number of fused-ring (bicyclic) bond motifs is 1. The zero-order valence-corrected chi connectivity index (χ0v) is 27.6. The minimum Gasteiger partial charge on any atom is -0.344 e. The highest BCUT2D eigenvalue weighted by molar-refractivity contribution is 6.28. The normalized spacial score (nSPS) is 23.7. The van der Waals surface area contributed by atoms with Gasteiger partial charge in [-0.3, -0.25) is 33.8 Å². The summed E-state index contributed by atoms with van der Waals surface area (Å²) >= 11 is 0. The van der Waals surface area contributed by atoms with Crippen LogP contribution in [0.15, 0.2) is 18.6 Å². The van der Waals surface area contributed by atoms with E-state index >= 15 is 0 Å². The zero-order chi connectivity index (χ0) is 33.4. The van der Waals surface area contributed by atoms with Crippen LogP contribution in [0.25, 0.3) is 0 Å². The van der Waals surface area contributed by atoms with Crippen LogP contribution in [0.4, 0.5) is 0 Å². The van der Waals surface area contributed by atoms with Gasteiger partial charge in [-0.1, -0.05) is 66.2 Å². The lowest BCUT2D eigenvalue weighted by Gasteiger charge is -2.40. The molecule has 0 radical (unpaired) electrons. The van der Waals surface area contributed by atoms with Crippen molar-refractivity contribution in [2.45, 2.75) is 135 Å². The predicted molar refractivity (Wildman–Crippen MR) is 170 cm³/mol. The van der Waals surface area contributed by atoms with Crippen LogP contribution in [0.1, 0.15) is 115 Å². The molecular formula is C34H50N6O6. The molecule has 12 heteroatoms. The number of carbonyl (C=O) groups is 6. The number of ketones is 1. The van der Waals surface area contributed by atoms with Crippen LogP contribution < -0.4 is 16.0 Å². The summed E-state index contributed by atoms with van der Waals surface area (Å²) in [7, 11) is 0. The summed E-state index contributed by atoms with van der Waals surface area (Å²) in [6.45, 7) is 7.47. The second-order valence-corrected chi connectivity index (χ2v) is 14.2. The van der Waals surface area contributed by atoms with Gasteiger partial charge in [-0.15, -0.1) is 0 Å². The number of amides is 4. The summed E-state index contributed by atoms with van der Waals surface area (Å²) in [6.07, 6.45) is 13.9. The third-order valence-corrected chi connectivity index (χ3v) is 9.88. The Morgan fingerprint density at radius 3 is 2.28 bits per heavy atom. The average molecular weight is 639 g/mol. The average Bonchev–Trinajstić information content (AvgIpc) is 3.45. The van der Waals surface area contributed by atoms with Gasteiger partial charge in [0, 0.05) is 18.4 Å². The highest BCUT2D eigenvalue weighted by Crippen LogP contribution is 2.41. The maximum atomic E-state index is 14.6. The van der Waals surface area contributed by atoms with Crippen molar-refractivity contribution in [2.75, 3.05) is 0 Å². The molecule has 4 amide bonds. The molecule has 4 rings (SSSR count). The van der Waals surface area contributed by atoms with E-state index in [1.807, 2.05) is 27.7 Å². The van der Waals surface area contributed by atoms with E-state index in [0.717, 1.165) is 57.8 Å². The van der Waals surface area contributed by atoms with E-state index in [9.17, 15) is 28.8 Å². The Balaban J connectivity index is 1.61. The van der Waals surface area contributed by atoms with Crippen molar-refractivity contribution < 1.29 is 28.8 Å². The molecule has 3 N–H and O–H groups in total. The van der Waals surface area contributed by atoms with Gasteiger partial charge in [0.25, 0.3) is 5.91 Å². The molecule has 12 nitrogen and oxygen atoms in total. The molecule has 252 valence electrons. The SMILES string of the molecule is CCCC(NC(=O)[C@@H]1CC2CCCCC2N1C(=O)[C@@H](NC(=O)C(NC(=O)c1cnccn1)C1CCCCC1)C(C)(C)C)C(=O)C=O. The van der Waals surface area contributed by atoms with Crippen LogP contribution >= 0.6 is 0 Å². The predicted octanol–water partition coefficient (Wildman–Crippen LogP) is 2.90. The lowest BCUT2D eigenvalue weighted by Crippen LogP contribution is -2.63. The van der Waals surface area contributed by atoms with E-state index in [1.54, 1.807) is 4.90 Å². The quantitative estimate of drug-likeness (QED) is 0.232. The molecule has 0 bridgehead atoms. The number of Topliss-reactive ketones (excluding diaryl/α,β-unsaturated/α-hetero) is 1. The summed E-state index contributed by atoms with van der Waals surface area (Å²) in [6, 6.07) is -3.81. The van der Waals surface area contributed by atoms with Crippen molar-refractivity contribution in [3.05, 3.63) is 24.3 Å². The Morgan fingerprint density at radius 1 is 0.957 bits per heavy atom. The van der Waals surface area contributed by atoms with Crippen molar-refractivity contribution in [3.63, 3.8) is 0 Å². The first-order valence-corrected chi connectivity index (χ1v) is 16.9. The number of hydrogen-bond donors (Lipinski definition) is 3. The third-order valence-electron chi connectivity index (χ3n) is 9.88. The van der Waals surface area contributed by atoms with Crippen molar-refractivity contribution in [1.29, 1.82) is 0 Å². The van der Waals surface area contributed by atoms with Crippen molar-refractivity contribution in [2.24, 2.45) is 17.3 Å². The fourth-order valence-corrected chi connectivity index (χ4v) is 7.46. The largest absolute Gasteiger partial charge is 0.344 e. The highest BCUT2D eigenvalue weighted by atomic mass is 16.2. The summed E-state index contributed by atoms with van der Waals surface area (Å²) in [5.74, 6) is -2.44. The summed E-state index contributed by atoms with van der Waals surface area (Å²) < 4.78 is 0. The number of rotatable bonds is 12. The standard InChI is InChI=1S/C34H50N6O6/c1-5-11-23(27(42)20-41)37-31(44)26-18-22-14-9-10-15-25(22)40(26)33(46)29(34(2,3)4)39-32(45)28(21-12-7-6-8-13-21)38-30(43)24-19-35-16-17-36-24/h16-17,19-23,25-26,28-29H,5-15,18H2,1-4H3,(H,37,44)(H,38,43)(H,39,45)/t22?,23?,25?,26-,28?,29+/m0/s1. The van der Waals surface area contributed by atoms with Gasteiger partial charge in [0.2, 0.25) is 23.5 Å². The smallest absolute Gasteiger partial charge is 0.272 e. The minimum absolute atomic E-state index is 0.100. The molecule has 46 heavy (non-hydrogen) atoms. The lowest BCUT2D eigenvalue weighted by atomic mass is 9.81. The molecule has 0 aromatic carbocycles. The molecule has 1 aromatic rings. The second-order valence-electron chi connectivity index (χ2n) is 14.2. The Hall–Kier alpha value is -3.70. The maximum absolute atomic E-state index is 14.6. The molecule has 6 atom stereocenters. The van der Waals surface area contributed by atoms with Crippen molar-refractivity contribution >= 4 is 35.7 Å². The number of likely N-dealkylation sites (tertiary alicyclic amines) is 1. The first-order valence-electron chi connectivity index (χ1n) is 16.9. The van der Waals surface area contributed by atoms with E-state index in [0.29, 0.717) is 19.3 Å². The van der Waals surface area contributed by atoms with Crippen molar-refractivity contribution in [3.8, 4) is 0 Å². The van der Waals surface area contributed by atoms with Gasteiger partial charge in [-0.05, 0) is 55.8 Å². The topological polar surface area (TPSA) is 168 Å². The number of carbonyl (C=O) groups excluding carboxylic acids is 6. The first kappa shape index (κ1) is 35.2. The molecule has 0 spiro atoms. The van der Waals surface area contributed by atoms with E-state index < -0.39 is 53.1 Å². The number of aldehydes is 1. The van der Waals surface area contributed by atoms with Crippen molar-refractivity contribution in [1.82, 2.24) is 30.8 Å². The van der Waals surface area contributed by atoms with Crippen LogP contribution in [-0.2, 0) is 24.0 Å². The van der Waals surface area contributed by atoms with Crippen LogP contribution in [0, 0.1) is 17.3 Å². The zero-order valence-electron chi connectivity index (χ0n) is 27.6. The van der Waals surface area contributed by atoms with E-state index in [2.05, 4.69) is 25.9 Å². The third kappa shape index (κ3) is 8.36. The van der Waals surface area contributed by atoms with Gasteiger partial charge in [-0.2, -0.15) is 0 Å². The molecule has 2 heterocycles. The van der Waals surface area contributed by atoms with E-state index in [4.69, 9.17) is 0 Å². The van der Waals surface area contributed by atoms with Gasteiger partial charge in [0.15, 0.2) is 6.29 Å². The number of nitrogens with one attached hydrogen (secondary N) is 3. The lowest BCUT2D eigenvalue weighted by molar-refractivity contribution is -0.147. The second kappa shape index (κ2) is 15.7. The van der Waals surface area contributed by atoms with E-state index in [-0.39, 0.29) is 35.8 Å². The van der Waals surface area contributed by atoms with Crippen LogP contribution in [0.5, 0.6) is 0 Å². The van der Waals surface area contributed by atoms with E-state index in [1.165, 1.54) is 18.6 Å². The fraction of sp³-hybridized carbons (Fsp3) is 0.706. The molecule has 2 aliphatic carbocycles. The minimum atomic E-state index is -0.987. The number of aromatic nitrogens is 2. The van der Waals surface area contributed by atoms with Gasteiger partial charge in [-0.25, -0.2) is 4.98 Å². The summed E-state index contributed by atoms with van der Waals surface area (Å²) in [5, 5.41) is 8.67. The highest BCUT2D eigenvalue weighted by Gasteiger charge is 2.51. The molecule has 1 saturated heterocycles. The number of hydrogen-bond acceptors (Lipinski definition) is 8. The van der Waals surface area contributed by atoms with Gasteiger partial charge >= 0.3 is 0 Å². The fourth-order valence-electron chi connectivity index (χ4n) is 7.46.